The molecule has 1 aliphatic heterocycles. The van der Waals surface area contributed by atoms with Crippen LogP contribution in [0.5, 0.6) is 0 Å². The third kappa shape index (κ3) is 2.96. The molecule has 1 aliphatic rings. The van der Waals surface area contributed by atoms with Crippen molar-refractivity contribution in [3.05, 3.63) is 12.4 Å². The molecule has 17 heavy (non-hydrogen) atoms. The number of rotatable bonds is 3. The zero-order valence-electron chi connectivity index (χ0n) is 9.66. The van der Waals surface area contributed by atoms with E-state index in [1.54, 1.807) is 19.5 Å². The van der Waals surface area contributed by atoms with Crippen molar-refractivity contribution in [2.45, 2.75) is 18.4 Å². The van der Waals surface area contributed by atoms with Crippen molar-refractivity contribution in [3.8, 4) is 0 Å². The number of nitrogens with zero attached hydrogens (tertiary/aromatic N) is 1. The van der Waals surface area contributed by atoms with E-state index in [1.165, 1.54) is 0 Å². The number of carbonyl (C=O) groups is 1. The smallest absolute Gasteiger partial charge is 0.256 e. The van der Waals surface area contributed by atoms with Gasteiger partial charge in [-0.05, 0) is 25.9 Å². The molecule has 1 saturated heterocycles. The molecule has 7 heteroatoms. The Morgan fingerprint density at radius 1 is 1.53 bits per heavy atom. The molecule has 0 atom stereocenters. The normalized spacial score (nSPS) is 18.2. The molecule has 2 rings (SSSR count). The second-order valence-electron chi connectivity index (χ2n) is 3.89. The van der Waals surface area contributed by atoms with E-state index in [2.05, 4.69) is 20.8 Å². The Kier molecular flexibility index (Phi) is 4.92. The van der Waals surface area contributed by atoms with Gasteiger partial charge >= 0.3 is 0 Å². The lowest BCUT2D eigenvalue weighted by molar-refractivity contribution is -0.140. The first kappa shape index (κ1) is 14.0. The lowest BCUT2D eigenvalue weighted by atomic mass is 9.91. The summed E-state index contributed by atoms with van der Waals surface area (Å²) >= 11 is 0. The first-order valence-corrected chi connectivity index (χ1v) is 5.33. The van der Waals surface area contributed by atoms with Gasteiger partial charge in [0.2, 0.25) is 0 Å². The molecule has 0 unspecified atom stereocenters. The largest absolute Gasteiger partial charge is 0.368 e. The highest BCUT2D eigenvalue weighted by Gasteiger charge is 2.39. The van der Waals surface area contributed by atoms with Crippen LogP contribution in [0.25, 0.3) is 0 Å². The Morgan fingerprint density at radius 2 is 2.24 bits per heavy atom. The SMILES string of the molecule is COC1(C(=O)Nc2cn[nH]c2)CCNCC1.Cl. The molecular formula is C10H17ClN4O2. The van der Waals surface area contributed by atoms with Gasteiger partial charge in [-0.1, -0.05) is 0 Å². The minimum atomic E-state index is -0.706. The third-order valence-corrected chi connectivity index (χ3v) is 2.97. The third-order valence-electron chi connectivity index (χ3n) is 2.97. The van der Waals surface area contributed by atoms with E-state index in [0.717, 1.165) is 13.1 Å². The predicted octanol–water partition coefficient (Wildman–Crippen LogP) is 0.539. The number of halogens is 1. The number of piperidine rings is 1. The quantitative estimate of drug-likeness (QED) is 0.741. The predicted molar refractivity (Wildman–Crippen MR) is 66.3 cm³/mol. The van der Waals surface area contributed by atoms with Gasteiger partial charge in [0.1, 0.15) is 5.60 Å². The molecule has 0 aromatic carbocycles. The Morgan fingerprint density at radius 3 is 2.76 bits per heavy atom. The van der Waals surface area contributed by atoms with Gasteiger partial charge in [-0.15, -0.1) is 12.4 Å². The lowest BCUT2D eigenvalue weighted by Gasteiger charge is -2.34. The average Bonchev–Trinajstić information content (AvgIpc) is 2.82. The fourth-order valence-electron chi connectivity index (χ4n) is 1.92. The van der Waals surface area contributed by atoms with E-state index in [1.807, 2.05) is 0 Å². The van der Waals surface area contributed by atoms with Crippen LogP contribution in [-0.4, -0.2) is 41.9 Å². The number of hydrogen-bond donors (Lipinski definition) is 3. The number of anilines is 1. The van der Waals surface area contributed by atoms with Crippen molar-refractivity contribution < 1.29 is 9.53 Å². The number of H-pyrrole nitrogens is 1. The first-order valence-electron chi connectivity index (χ1n) is 5.33. The fraction of sp³-hybridized carbons (Fsp3) is 0.600. The highest BCUT2D eigenvalue weighted by atomic mass is 35.5. The van der Waals surface area contributed by atoms with Crippen LogP contribution >= 0.6 is 12.4 Å². The number of aromatic amines is 1. The minimum absolute atomic E-state index is 0. The summed E-state index contributed by atoms with van der Waals surface area (Å²) in [5.74, 6) is -0.0992. The number of methoxy groups -OCH3 is 1. The Labute approximate surface area is 106 Å². The minimum Gasteiger partial charge on any atom is -0.368 e. The van der Waals surface area contributed by atoms with Crippen LogP contribution in [-0.2, 0) is 9.53 Å². The summed E-state index contributed by atoms with van der Waals surface area (Å²) in [5.41, 5.74) is -0.0392. The molecular weight excluding hydrogens is 244 g/mol. The number of aromatic nitrogens is 2. The Bertz CT molecular complexity index is 349. The molecule has 0 spiro atoms. The summed E-state index contributed by atoms with van der Waals surface area (Å²) in [7, 11) is 1.58. The van der Waals surface area contributed by atoms with Crippen molar-refractivity contribution in [2.24, 2.45) is 0 Å². The van der Waals surface area contributed by atoms with Gasteiger partial charge in [0.25, 0.3) is 5.91 Å². The topological polar surface area (TPSA) is 79.0 Å². The second-order valence-corrected chi connectivity index (χ2v) is 3.89. The van der Waals surface area contributed by atoms with Crippen molar-refractivity contribution in [1.82, 2.24) is 15.5 Å². The van der Waals surface area contributed by atoms with E-state index in [0.29, 0.717) is 18.5 Å². The van der Waals surface area contributed by atoms with Crippen LogP contribution in [0.4, 0.5) is 5.69 Å². The van der Waals surface area contributed by atoms with Crippen LogP contribution in [0.2, 0.25) is 0 Å². The second kappa shape index (κ2) is 6.00. The number of ether oxygens (including phenoxy) is 1. The summed E-state index contributed by atoms with van der Waals surface area (Å²) in [6.45, 7) is 1.60. The number of hydrogen-bond acceptors (Lipinski definition) is 4. The number of amides is 1. The van der Waals surface area contributed by atoms with Gasteiger partial charge < -0.3 is 15.4 Å². The standard InChI is InChI=1S/C10H16N4O2.ClH/c1-16-10(2-4-11-5-3-10)9(15)14-8-6-12-13-7-8;/h6-7,11H,2-5H2,1H3,(H,12,13)(H,14,15);1H. The molecule has 96 valence electrons. The molecule has 2 heterocycles. The van der Waals surface area contributed by atoms with E-state index < -0.39 is 5.60 Å². The van der Waals surface area contributed by atoms with Crippen LogP contribution in [0.1, 0.15) is 12.8 Å². The summed E-state index contributed by atoms with van der Waals surface area (Å²) in [6, 6.07) is 0. The summed E-state index contributed by atoms with van der Waals surface area (Å²) in [5, 5.41) is 12.4. The van der Waals surface area contributed by atoms with E-state index in [4.69, 9.17) is 4.74 Å². The van der Waals surface area contributed by atoms with Gasteiger partial charge in [-0.25, -0.2) is 0 Å². The zero-order chi connectivity index (χ0) is 11.4. The molecule has 3 N–H and O–H groups in total. The van der Waals surface area contributed by atoms with Gasteiger partial charge in [-0.2, -0.15) is 5.10 Å². The summed E-state index contributed by atoms with van der Waals surface area (Å²) in [4.78, 5) is 12.1. The maximum Gasteiger partial charge on any atom is 0.256 e. The Balaban J connectivity index is 0.00000144. The van der Waals surface area contributed by atoms with Crippen molar-refractivity contribution in [1.29, 1.82) is 0 Å². The fourth-order valence-corrected chi connectivity index (χ4v) is 1.92. The molecule has 0 radical (unpaired) electrons. The van der Waals surface area contributed by atoms with Crippen molar-refractivity contribution in [2.75, 3.05) is 25.5 Å². The van der Waals surface area contributed by atoms with Crippen LogP contribution in [0, 0.1) is 0 Å². The first-order chi connectivity index (χ1) is 7.77. The van der Waals surface area contributed by atoms with Crippen LogP contribution in [0.15, 0.2) is 12.4 Å². The molecule has 1 fully saturated rings. The van der Waals surface area contributed by atoms with Crippen LogP contribution < -0.4 is 10.6 Å². The van der Waals surface area contributed by atoms with Gasteiger partial charge in [0, 0.05) is 13.3 Å². The molecule has 0 aliphatic carbocycles. The monoisotopic (exact) mass is 260 g/mol. The highest BCUT2D eigenvalue weighted by Crippen LogP contribution is 2.24. The molecule has 1 aromatic heterocycles. The zero-order valence-corrected chi connectivity index (χ0v) is 10.5. The molecule has 0 saturated carbocycles. The Hall–Kier alpha value is -1.11. The maximum atomic E-state index is 12.1. The number of nitrogens with one attached hydrogen (secondary N) is 3. The lowest BCUT2D eigenvalue weighted by Crippen LogP contribution is -2.51. The molecule has 1 aromatic rings. The highest BCUT2D eigenvalue weighted by molar-refractivity contribution is 5.97. The molecule has 0 bridgehead atoms. The summed E-state index contributed by atoms with van der Waals surface area (Å²) < 4.78 is 5.41. The van der Waals surface area contributed by atoms with E-state index >= 15 is 0 Å². The molecule has 6 nitrogen and oxygen atoms in total. The van der Waals surface area contributed by atoms with Crippen molar-refractivity contribution >= 4 is 24.0 Å². The van der Waals surface area contributed by atoms with Crippen LogP contribution in [0.3, 0.4) is 0 Å². The van der Waals surface area contributed by atoms with Gasteiger partial charge in [-0.3, -0.25) is 9.89 Å². The van der Waals surface area contributed by atoms with Gasteiger partial charge in [0.15, 0.2) is 0 Å². The maximum absolute atomic E-state index is 12.1. The van der Waals surface area contributed by atoms with Crippen molar-refractivity contribution in [3.63, 3.8) is 0 Å². The van der Waals surface area contributed by atoms with Gasteiger partial charge in [0.05, 0.1) is 11.9 Å². The molecule has 1 amide bonds. The summed E-state index contributed by atoms with van der Waals surface area (Å²) in [6.07, 6.45) is 4.59. The number of carbonyl (C=O) groups excluding carboxylic acids is 1. The van der Waals surface area contributed by atoms with E-state index in [9.17, 15) is 4.79 Å². The average molecular weight is 261 g/mol. The van der Waals surface area contributed by atoms with E-state index in [-0.39, 0.29) is 18.3 Å².